The van der Waals surface area contributed by atoms with Gasteiger partial charge in [-0.1, -0.05) is 31.4 Å². The summed E-state index contributed by atoms with van der Waals surface area (Å²) in [6.07, 6.45) is 7.51. The minimum absolute atomic E-state index is 0.0896. The fourth-order valence-corrected chi connectivity index (χ4v) is 3.98. The summed E-state index contributed by atoms with van der Waals surface area (Å²) < 4.78 is 1.65. The number of urea groups is 1. The molecule has 1 spiro atoms. The highest BCUT2D eigenvalue weighted by Gasteiger charge is 2.50. The molecule has 0 unspecified atom stereocenters. The van der Waals surface area contributed by atoms with Gasteiger partial charge >= 0.3 is 6.03 Å². The van der Waals surface area contributed by atoms with Crippen molar-refractivity contribution in [1.82, 2.24) is 30.3 Å². The van der Waals surface area contributed by atoms with Crippen molar-refractivity contribution in [3.63, 3.8) is 0 Å². The summed E-state index contributed by atoms with van der Waals surface area (Å²) in [7, 11) is 0. The van der Waals surface area contributed by atoms with Crippen LogP contribution < -0.4 is 10.6 Å². The quantitative estimate of drug-likeness (QED) is 0.720. The molecular formula is C20H24N6O3. The molecule has 152 valence electrons. The van der Waals surface area contributed by atoms with Crippen molar-refractivity contribution >= 4 is 17.8 Å². The number of rotatable bonds is 6. The zero-order chi connectivity index (χ0) is 20.3. The lowest BCUT2D eigenvalue weighted by molar-refractivity contribution is -0.132. The average Bonchev–Trinajstić information content (AvgIpc) is 3.34. The molecule has 9 nitrogen and oxygen atoms in total. The number of nitrogens with zero attached hydrogens (tertiary/aromatic N) is 4. The second kappa shape index (κ2) is 8.02. The molecule has 1 aliphatic carbocycles. The predicted octanol–water partition coefficient (Wildman–Crippen LogP) is 1.53. The minimum atomic E-state index is -0.738. The molecule has 4 amide bonds. The number of amides is 4. The standard InChI is InChI=1S/C20H24N6O3/c27-17(22-12-15-4-6-16(7-5-15)26-14-21-13-23-26)8-11-25-18(28)20(24-19(25)29)9-2-1-3-10-20/h4-7,13-14H,1-3,8-12H2,(H,22,27)(H,24,29). The van der Waals surface area contributed by atoms with Gasteiger partial charge in [-0.25, -0.2) is 14.5 Å². The summed E-state index contributed by atoms with van der Waals surface area (Å²) in [5.74, 6) is -0.380. The van der Waals surface area contributed by atoms with Crippen LogP contribution in [0.1, 0.15) is 44.1 Å². The van der Waals surface area contributed by atoms with Crippen LogP contribution in [0.15, 0.2) is 36.9 Å². The Hall–Kier alpha value is -3.23. The highest BCUT2D eigenvalue weighted by atomic mass is 16.2. The molecule has 1 saturated carbocycles. The molecule has 0 radical (unpaired) electrons. The Morgan fingerprint density at radius 3 is 2.59 bits per heavy atom. The van der Waals surface area contributed by atoms with E-state index in [-0.39, 0.29) is 30.8 Å². The maximum absolute atomic E-state index is 12.7. The average molecular weight is 396 g/mol. The molecule has 2 heterocycles. The first-order chi connectivity index (χ1) is 14.1. The second-order valence-electron chi connectivity index (χ2n) is 7.56. The molecule has 1 aromatic carbocycles. The van der Waals surface area contributed by atoms with Crippen LogP contribution in [0, 0.1) is 0 Å². The SMILES string of the molecule is O=C(CCN1C(=O)NC2(CCCCC2)C1=O)NCc1ccc(-n2cncn2)cc1. The third-order valence-corrected chi connectivity index (χ3v) is 5.62. The molecule has 0 bridgehead atoms. The Kier molecular flexibility index (Phi) is 5.28. The van der Waals surface area contributed by atoms with Crippen LogP contribution in [-0.2, 0) is 16.1 Å². The first-order valence-electron chi connectivity index (χ1n) is 9.92. The van der Waals surface area contributed by atoms with E-state index in [9.17, 15) is 14.4 Å². The molecule has 2 fully saturated rings. The number of hydrogen-bond acceptors (Lipinski definition) is 5. The summed E-state index contributed by atoms with van der Waals surface area (Å²) in [5.41, 5.74) is 1.09. The molecule has 1 aromatic heterocycles. The largest absolute Gasteiger partial charge is 0.352 e. The lowest BCUT2D eigenvalue weighted by atomic mass is 9.82. The van der Waals surface area contributed by atoms with Gasteiger partial charge in [0.1, 0.15) is 18.2 Å². The number of nitrogens with one attached hydrogen (secondary N) is 2. The second-order valence-corrected chi connectivity index (χ2v) is 7.56. The van der Waals surface area contributed by atoms with Crippen molar-refractivity contribution < 1.29 is 14.4 Å². The summed E-state index contributed by atoms with van der Waals surface area (Å²) in [6.45, 7) is 0.476. The summed E-state index contributed by atoms with van der Waals surface area (Å²) in [4.78, 5) is 42.3. The monoisotopic (exact) mass is 396 g/mol. The van der Waals surface area contributed by atoms with Crippen LogP contribution in [-0.4, -0.2) is 49.6 Å². The highest BCUT2D eigenvalue weighted by molar-refractivity contribution is 6.07. The molecule has 0 atom stereocenters. The van der Waals surface area contributed by atoms with Gasteiger partial charge in [0.15, 0.2) is 0 Å². The number of benzene rings is 1. The Morgan fingerprint density at radius 1 is 1.14 bits per heavy atom. The number of aromatic nitrogens is 3. The zero-order valence-electron chi connectivity index (χ0n) is 16.1. The maximum atomic E-state index is 12.7. The summed E-state index contributed by atoms with van der Waals surface area (Å²) in [6, 6.07) is 7.22. The van der Waals surface area contributed by atoms with Crippen LogP contribution in [0.5, 0.6) is 0 Å². The lowest BCUT2D eigenvalue weighted by Crippen LogP contribution is -2.48. The number of hydrogen-bond donors (Lipinski definition) is 2. The van der Waals surface area contributed by atoms with E-state index in [0.717, 1.165) is 30.5 Å². The molecule has 1 saturated heterocycles. The van der Waals surface area contributed by atoms with Gasteiger partial charge in [-0.2, -0.15) is 5.10 Å². The van der Waals surface area contributed by atoms with Crippen LogP contribution in [0.25, 0.3) is 5.69 Å². The smallest absolute Gasteiger partial charge is 0.325 e. The first kappa shape index (κ1) is 19.1. The van der Waals surface area contributed by atoms with E-state index < -0.39 is 5.54 Å². The van der Waals surface area contributed by atoms with E-state index in [1.165, 1.54) is 11.2 Å². The van der Waals surface area contributed by atoms with Crippen molar-refractivity contribution in [1.29, 1.82) is 0 Å². The molecule has 9 heteroatoms. The highest BCUT2D eigenvalue weighted by Crippen LogP contribution is 2.33. The third kappa shape index (κ3) is 3.98. The minimum Gasteiger partial charge on any atom is -0.352 e. The van der Waals surface area contributed by atoms with Gasteiger partial charge < -0.3 is 10.6 Å². The van der Waals surface area contributed by atoms with E-state index in [1.807, 2.05) is 24.3 Å². The van der Waals surface area contributed by atoms with Gasteiger partial charge in [0.25, 0.3) is 5.91 Å². The van der Waals surface area contributed by atoms with Gasteiger partial charge in [0, 0.05) is 19.5 Å². The van der Waals surface area contributed by atoms with E-state index >= 15 is 0 Å². The maximum Gasteiger partial charge on any atom is 0.325 e. The summed E-state index contributed by atoms with van der Waals surface area (Å²) in [5, 5.41) is 9.76. The fourth-order valence-electron chi connectivity index (χ4n) is 3.98. The normalized spacial score (nSPS) is 18.1. The Morgan fingerprint density at radius 2 is 1.90 bits per heavy atom. The van der Waals surface area contributed by atoms with Gasteiger partial charge in [-0.15, -0.1) is 0 Å². The molecule has 2 N–H and O–H groups in total. The Labute approximate surface area is 168 Å². The van der Waals surface area contributed by atoms with Crippen LogP contribution in [0.4, 0.5) is 4.79 Å². The van der Waals surface area contributed by atoms with Crippen molar-refractivity contribution in [3.8, 4) is 5.69 Å². The molecular weight excluding hydrogens is 372 g/mol. The van der Waals surface area contributed by atoms with Crippen molar-refractivity contribution in [2.45, 2.75) is 50.6 Å². The van der Waals surface area contributed by atoms with E-state index in [2.05, 4.69) is 20.7 Å². The number of imide groups is 1. The van der Waals surface area contributed by atoms with Crippen LogP contribution in [0.3, 0.4) is 0 Å². The van der Waals surface area contributed by atoms with E-state index in [1.54, 1.807) is 11.0 Å². The van der Waals surface area contributed by atoms with Gasteiger partial charge in [0.05, 0.1) is 5.69 Å². The molecule has 29 heavy (non-hydrogen) atoms. The first-order valence-corrected chi connectivity index (χ1v) is 9.92. The fraction of sp³-hybridized carbons (Fsp3) is 0.450. The van der Waals surface area contributed by atoms with E-state index in [0.29, 0.717) is 19.4 Å². The predicted molar refractivity (Wildman–Crippen MR) is 104 cm³/mol. The Balaban J connectivity index is 1.26. The van der Waals surface area contributed by atoms with Gasteiger partial charge in [-0.05, 0) is 30.5 Å². The van der Waals surface area contributed by atoms with Gasteiger partial charge in [0.2, 0.25) is 5.91 Å². The molecule has 2 aliphatic rings. The summed E-state index contributed by atoms with van der Waals surface area (Å²) >= 11 is 0. The van der Waals surface area contributed by atoms with Crippen molar-refractivity contribution in [3.05, 3.63) is 42.5 Å². The van der Waals surface area contributed by atoms with Gasteiger partial charge in [-0.3, -0.25) is 14.5 Å². The topological polar surface area (TPSA) is 109 Å². The zero-order valence-corrected chi connectivity index (χ0v) is 16.1. The van der Waals surface area contributed by atoms with E-state index in [4.69, 9.17) is 0 Å². The Bertz CT molecular complexity index is 887. The number of carbonyl (C=O) groups is 3. The van der Waals surface area contributed by atoms with Crippen LogP contribution in [0.2, 0.25) is 0 Å². The van der Waals surface area contributed by atoms with Crippen molar-refractivity contribution in [2.24, 2.45) is 0 Å². The third-order valence-electron chi connectivity index (χ3n) is 5.62. The molecule has 1 aliphatic heterocycles. The number of carbonyl (C=O) groups excluding carboxylic acids is 3. The van der Waals surface area contributed by atoms with Crippen LogP contribution >= 0.6 is 0 Å². The molecule has 4 rings (SSSR count). The van der Waals surface area contributed by atoms with Crippen molar-refractivity contribution in [2.75, 3.05) is 6.54 Å². The molecule has 2 aromatic rings. The lowest BCUT2D eigenvalue weighted by Gasteiger charge is -2.30.